The molecular weight excluding hydrogens is 302 g/mol. The first-order valence-corrected chi connectivity index (χ1v) is 8.14. The van der Waals surface area contributed by atoms with Gasteiger partial charge in [0.05, 0.1) is 10.7 Å². The third kappa shape index (κ3) is 4.09. The Bertz CT molecular complexity index is 407. The second-order valence-corrected chi connectivity index (χ2v) is 7.90. The number of hydrogen-bond acceptors (Lipinski definition) is 2. The number of nitrogens with one attached hydrogen (secondary N) is 1. The van der Waals surface area contributed by atoms with Gasteiger partial charge in [-0.2, -0.15) is 0 Å². The topological polar surface area (TPSA) is 25.2 Å². The van der Waals surface area contributed by atoms with Crippen molar-refractivity contribution in [3.05, 3.63) is 22.6 Å². The number of rotatable bonds is 3. The smallest absolute Gasteiger partial charge is 0.121 e. The van der Waals surface area contributed by atoms with Crippen LogP contribution in [-0.2, 0) is 0 Å². The summed E-state index contributed by atoms with van der Waals surface area (Å²) in [5.74, 6) is 3.17. The van der Waals surface area contributed by atoms with Crippen LogP contribution in [0.3, 0.4) is 0 Å². The summed E-state index contributed by atoms with van der Waals surface area (Å²) in [5.41, 5.74) is 0.189. The molecule has 3 atom stereocenters. The minimum atomic E-state index is 0.189. The zero-order chi connectivity index (χ0) is 14.0. The molecule has 3 heteroatoms. The van der Waals surface area contributed by atoms with Crippen LogP contribution in [0.25, 0.3) is 0 Å². The van der Waals surface area contributed by atoms with Crippen molar-refractivity contribution in [1.29, 1.82) is 0 Å². The summed E-state index contributed by atoms with van der Waals surface area (Å²) in [4.78, 5) is 0. The maximum Gasteiger partial charge on any atom is 0.121 e. The Labute approximate surface area is 125 Å². The fraction of sp³-hybridized carbons (Fsp3) is 0.750. The van der Waals surface area contributed by atoms with Crippen molar-refractivity contribution in [3.63, 3.8) is 0 Å². The molecule has 1 N–H and O–H groups in total. The zero-order valence-electron chi connectivity index (χ0n) is 12.5. The van der Waals surface area contributed by atoms with E-state index in [1.165, 1.54) is 19.3 Å². The van der Waals surface area contributed by atoms with E-state index in [0.717, 1.165) is 22.7 Å². The highest BCUT2D eigenvalue weighted by Crippen LogP contribution is 2.43. The average molecular weight is 328 g/mol. The summed E-state index contributed by atoms with van der Waals surface area (Å²) in [6.07, 6.45) is 5.67. The summed E-state index contributed by atoms with van der Waals surface area (Å²) in [7, 11) is 0. The third-order valence-electron chi connectivity index (χ3n) is 4.13. The van der Waals surface area contributed by atoms with Crippen molar-refractivity contribution in [2.45, 2.75) is 58.4 Å². The first kappa shape index (κ1) is 15.1. The third-order valence-corrected chi connectivity index (χ3v) is 4.79. The molecule has 1 aliphatic carbocycles. The van der Waals surface area contributed by atoms with Gasteiger partial charge in [0.1, 0.15) is 5.76 Å². The predicted molar refractivity (Wildman–Crippen MR) is 83.4 cm³/mol. The molecule has 2 nitrogen and oxygen atoms in total. The van der Waals surface area contributed by atoms with E-state index in [1.807, 2.05) is 6.07 Å². The van der Waals surface area contributed by atoms with Gasteiger partial charge in [-0.3, -0.25) is 0 Å². The number of furan rings is 1. The SMILES string of the molecule is CC1CCC(CNC(C)(C)C)C(c2occc2Br)C1. The maximum atomic E-state index is 5.74. The largest absolute Gasteiger partial charge is 0.468 e. The van der Waals surface area contributed by atoms with E-state index in [2.05, 4.69) is 48.9 Å². The Morgan fingerprint density at radius 2 is 2.11 bits per heavy atom. The van der Waals surface area contributed by atoms with Crippen LogP contribution in [0.1, 0.15) is 58.6 Å². The lowest BCUT2D eigenvalue weighted by atomic mass is 9.73. The monoisotopic (exact) mass is 327 g/mol. The minimum absolute atomic E-state index is 0.189. The van der Waals surface area contributed by atoms with Crippen molar-refractivity contribution >= 4 is 15.9 Å². The van der Waals surface area contributed by atoms with E-state index in [0.29, 0.717) is 11.8 Å². The van der Waals surface area contributed by atoms with Crippen LogP contribution >= 0.6 is 15.9 Å². The molecule has 0 amide bonds. The van der Waals surface area contributed by atoms with Crippen LogP contribution in [0.2, 0.25) is 0 Å². The first-order valence-electron chi connectivity index (χ1n) is 7.34. The molecule has 0 saturated heterocycles. The van der Waals surface area contributed by atoms with Crippen LogP contribution in [-0.4, -0.2) is 12.1 Å². The molecule has 3 unspecified atom stereocenters. The van der Waals surface area contributed by atoms with E-state index in [1.54, 1.807) is 6.26 Å². The molecule has 1 saturated carbocycles. The van der Waals surface area contributed by atoms with Gasteiger partial charge < -0.3 is 9.73 Å². The van der Waals surface area contributed by atoms with Gasteiger partial charge in [-0.05, 0) is 74.0 Å². The van der Waals surface area contributed by atoms with Crippen molar-refractivity contribution in [1.82, 2.24) is 5.32 Å². The highest BCUT2D eigenvalue weighted by Gasteiger charge is 2.33. The number of hydrogen-bond donors (Lipinski definition) is 1. The molecule has 0 bridgehead atoms. The van der Waals surface area contributed by atoms with Crippen LogP contribution in [0.4, 0.5) is 0 Å². The van der Waals surface area contributed by atoms with E-state index in [4.69, 9.17) is 4.42 Å². The fourth-order valence-electron chi connectivity index (χ4n) is 3.02. The Balaban J connectivity index is 2.09. The van der Waals surface area contributed by atoms with Gasteiger partial charge in [0.2, 0.25) is 0 Å². The summed E-state index contributed by atoms with van der Waals surface area (Å²) >= 11 is 3.63. The first-order chi connectivity index (χ1) is 8.87. The van der Waals surface area contributed by atoms with Gasteiger partial charge in [0.15, 0.2) is 0 Å². The quantitative estimate of drug-likeness (QED) is 0.849. The predicted octanol–water partition coefficient (Wildman–Crippen LogP) is 4.95. The molecule has 1 aromatic rings. The molecule has 1 fully saturated rings. The summed E-state index contributed by atoms with van der Waals surface area (Å²) < 4.78 is 6.87. The van der Waals surface area contributed by atoms with Gasteiger partial charge in [0.25, 0.3) is 0 Å². The Morgan fingerprint density at radius 1 is 1.37 bits per heavy atom. The van der Waals surface area contributed by atoms with Crippen LogP contribution in [0.5, 0.6) is 0 Å². The lowest BCUT2D eigenvalue weighted by Crippen LogP contribution is -2.41. The summed E-state index contributed by atoms with van der Waals surface area (Å²) in [6, 6.07) is 2.02. The summed E-state index contributed by atoms with van der Waals surface area (Å²) in [6.45, 7) is 10.1. The average Bonchev–Trinajstić information content (AvgIpc) is 2.72. The second-order valence-electron chi connectivity index (χ2n) is 7.05. The lowest BCUT2D eigenvalue weighted by molar-refractivity contribution is 0.206. The Hall–Kier alpha value is -0.280. The van der Waals surface area contributed by atoms with Gasteiger partial charge >= 0.3 is 0 Å². The van der Waals surface area contributed by atoms with Crippen LogP contribution in [0.15, 0.2) is 21.2 Å². The Morgan fingerprint density at radius 3 is 2.68 bits per heavy atom. The normalized spacial score (nSPS) is 28.6. The lowest BCUT2D eigenvalue weighted by Gasteiger charge is -2.36. The minimum Gasteiger partial charge on any atom is -0.468 e. The molecule has 1 aliphatic rings. The van der Waals surface area contributed by atoms with E-state index in [9.17, 15) is 0 Å². The summed E-state index contributed by atoms with van der Waals surface area (Å²) in [5, 5.41) is 3.66. The van der Waals surface area contributed by atoms with E-state index in [-0.39, 0.29) is 5.54 Å². The molecule has 0 aliphatic heterocycles. The Kier molecular flexibility index (Phi) is 4.78. The van der Waals surface area contributed by atoms with Gasteiger partial charge in [-0.15, -0.1) is 0 Å². The van der Waals surface area contributed by atoms with Gasteiger partial charge in [-0.1, -0.05) is 13.3 Å². The van der Waals surface area contributed by atoms with Crippen LogP contribution in [0, 0.1) is 11.8 Å². The molecular formula is C16H26BrNO. The van der Waals surface area contributed by atoms with Gasteiger partial charge in [-0.25, -0.2) is 0 Å². The zero-order valence-corrected chi connectivity index (χ0v) is 14.1. The molecule has 1 aromatic heterocycles. The van der Waals surface area contributed by atoms with Crippen molar-refractivity contribution < 1.29 is 4.42 Å². The van der Waals surface area contributed by atoms with Crippen molar-refractivity contribution in [2.75, 3.05) is 6.54 Å². The highest BCUT2D eigenvalue weighted by atomic mass is 79.9. The molecule has 0 aromatic carbocycles. The molecule has 19 heavy (non-hydrogen) atoms. The molecule has 1 heterocycles. The van der Waals surface area contributed by atoms with E-state index < -0.39 is 0 Å². The molecule has 0 spiro atoms. The molecule has 108 valence electrons. The number of halogens is 1. The highest BCUT2D eigenvalue weighted by molar-refractivity contribution is 9.10. The fourth-order valence-corrected chi connectivity index (χ4v) is 3.51. The maximum absolute atomic E-state index is 5.74. The second kappa shape index (κ2) is 6.01. The molecule has 0 radical (unpaired) electrons. The van der Waals surface area contributed by atoms with E-state index >= 15 is 0 Å². The standard InChI is InChI=1S/C16H26BrNO/c1-11-5-6-12(10-18-16(2,3)4)13(9-11)15-14(17)7-8-19-15/h7-8,11-13,18H,5-6,9-10H2,1-4H3. The van der Waals surface area contributed by atoms with Gasteiger partial charge in [0, 0.05) is 11.5 Å². The van der Waals surface area contributed by atoms with Crippen molar-refractivity contribution in [3.8, 4) is 0 Å². The van der Waals surface area contributed by atoms with Crippen LogP contribution < -0.4 is 5.32 Å². The molecule has 2 rings (SSSR count). The van der Waals surface area contributed by atoms with Crippen molar-refractivity contribution in [2.24, 2.45) is 11.8 Å².